The molecule has 1 heterocycles. The smallest absolute Gasteiger partial charge is 0.298 e. The molecule has 0 aliphatic carbocycles. The lowest BCUT2D eigenvalue weighted by atomic mass is 10.2. The van der Waals surface area contributed by atoms with Crippen molar-refractivity contribution in [2.45, 2.75) is 32.4 Å². The van der Waals surface area contributed by atoms with Gasteiger partial charge in [0.15, 0.2) is 0 Å². The summed E-state index contributed by atoms with van der Waals surface area (Å²) in [5.74, 6) is 0. The average Bonchev–Trinajstić information content (AvgIpc) is 2.75. The molecule has 0 amide bonds. The minimum absolute atomic E-state index is 0.109. The van der Waals surface area contributed by atoms with Crippen molar-refractivity contribution in [1.29, 1.82) is 0 Å². The molecule has 0 aliphatic heterocycles. The van der Waals surface area contributed by atoms with E-state index in [1.165, 1.54) is 6.07 Å². The number of nitrogens with zero attached hydrogens (tertiary/aromatic N) is 3. The maximum absolute atomic E-state index is 11.1. The number of hydrogen-bond donors (Lipinski definition) is 0. The van der Waals surface area contributed by atoms with E-state index < -0.39 is 13.0 Å². The Morgan fingerprint density at radius 3 is 2.76 bits per heavy atom. The van der Waals surface area contributed by atoms with Gasteiger partial charge in [-0.25, -0.2) is 4.68 Å². The molecular formula is C13H18ClN3O3Si. The van der Waals surface area contributed by atoms with Crippen LogP contribution in [0.15, 0.2) is 18.3 Å². The van der Waals surface area contributed by atoms with E-state index in [1.807, 2.05) is 0 Å². The summed E-state index contributed by atoms with van der Waals surface area (Å²) in [7, 11) is -1.12. The summed E-state index contributed by atoms with van der Waals surface area (Å²) in [4.78, 5) is 10.6. The molecule has 6 nitrogen and oxygen atoms in total. The van der Waals surface area contributed by atoms with Gasteiger partial charge in [0.1, 0.15) is 11.8 Å². The van der Waals surface area contributed by atoms with Crippen molar-refractivity contribution in [1.82, 2.24) is 9.78 Å². The Morgan fingerprint density at radius 2 is 2.14 bits per heavy atom. The third kappa shape index (κ3) is 4.02. The highest BCUT2D eigenvalue weighted by molar-refractivity contribution is 6.76. The molecule has 0 spiro atoms. The van der Waals surface area contributed by atoms with Gasteiger partial charge in [0, 0.05) is 20.9 Å². The third-order valence-electron chi connectivity index (χ3n) is 3.06. The molecule has 0 unspecified atom stereocenters. The summed E-state index contributed by atoms with van der Waals surface area (Å²) in [6.45, 7) is 7.81. The number of fused-ring (bicyclic) bond motifs is 1. The highest BCUT2D eigenvalue weighted by Crippen LogP contribution is 2.32. The van der Waals surface area contributed by atoms with Crippen LogP contribution >= 0.6 is 11.6 Å². The second-order valence-corrected chi connectivity index (χ2v) is 12.1. The molecule has 8 heteroatoms. The van der Waals surface area contributed by atoms with Crippen LogP contribution < -0.4 is 0 Å². The van der Waals surface area contributed by atoms with Crippen molar-refractivity contribution in [3.63, 3.8) is 0 Å². The molecule has 114 valence electrons. The molecule has 0 N–H and O–H groups in total. The first-order chi connectivity index (χ1) is 9.78. The summed E-state index contributed by atoms with van der Waals surface area (Å²) in [5, 5.41) is 15.9. The van der Waals surface area contributed by atoms with Crippen LogP contribution in [0.1, 0.15) is 0 Å². The molecular weight excluding hydrogens is 310 g/mol. The van der Waals surface area contributed by atoms with E-state index in [2.05, 4.69) is 24.7 Å². The van der Waals surface area contributed by atoms with Crippen molar-refractivity contribution < 1.29 is 9.66 Å². The van der Waals surface area contributed by atoms with Crippen LogP contribution in [0.5, 0.6) is 0 Å². The minimum Gasteiger partial charge on any atom is -0.360 e. The summed E-state index contributed by atoms with van der Waals surface area (Å²) in [5.41, 5.74) is 0.433. The van der Waals surface area contributed by atoms with E-state index in [1.54, 1.807) is 16.9 Å². The second kappa shape index (κ2) is 6.13. The highest BCUT2D eigenvalue weighted by atomic mass is 35.5. The van der Waals surface area contributed by atoms with Crippen LogP contribution in [0.4, 0.5) is 5.69 Å². The summed E-state index contributed by atoms with van der Waals surface area (Å²) >= 11 is 5.88. The zero-order chi connectivity index (χ0) is 15.6. The third-order valence-corrected chi connectivity index (χ3v) is 5.07. The summed E-state index contributed by atoms with van der Waals surface area (Å²) < 4.78 is 7.16. The summed E-state index contributed by atoms with van der Waals surface area (Å²) in [6.07, 6.45) is 1.61. The standard InChI is InChI=1S/C13H18ClN3O3Si/c1-21(2,3)7-6-20-9-16-8-10-12(15-16)5-4-11(14)13(10)17(18)19/h4-5,8H,6-7,9H2,1-3H3. The molecule has 0 bridgehead atoms. The molecule has 0 radical (unpaired) electrons. The molecule has 0 atom stereocenters. The molecule has 0 saturated carbocycles. The van der Waals surface area contributed by atoms with Crippen LogP contribution in [0.3, 0.4) is 0 Å². The lowest BCUT2D eigenvalue weighted by Crippen LogP contribution is -2.22. The lowest BCUT2D eigenvalue weighted by Gasteiger charge is -2.15. The van der Waals surface area contributed by atoms with Crippen LogP contribution in [0.25, 0.3) is 10.9 Å². The molecule has 1 aromatic heterocycles. The van der Waals surface area contributed by atoms with Crippen molar-refractivity contribution >= 4 is 36.3 Å². The van der Waals surface area contributed by atoms with E-state index in [0.29, 0.717) is 17.5 Å². The Kier molecular flexibility index (Phi) is 4.65. The number of nitro benzene ring substituents is 1. The van der Waals surface area contributed by atoms with Gasteiger partial charge >= 0.3 is 0 Å². The molecule has 0 saturated heterocycles. The van der Waals surface area contributed by atoms with Gasteiger partial charge in [-0.15, -0.1) is 0 Å². The number of ether oxygens (including phenoxy) is 1. The number of benzene rings is 1. The van der Waals surface area contributed by atoms with E-state index in [0.717, 1.165) is 6.04 Å². The highest BCUT2D eigenvalue weighted by Gasteiger charge is 2.19. The zero-order valence-corrected chi connectivity index (χ0v) is 14.1. The topological polar surface area (TPSA) is 70.2 Å². The molecule has 2 rings (SSSR count). The van der Waals surface area contributed by atoms with Gasteiger partial charge in [-0.2, -0.15) is 5.10 Å². The number of hydrogen-bond acceptors (Lipinski definition) is 4. The average molecular weight is 328 g/mol. The Bertz CT molecular complexity index is 666. The van der Waals surface area contributed by atoms with Crippen molar-refractivity contribution in [3.05, 3.63) is 33.5 Å². The predicted octanol–water partition coefficient (Wildman–Crippen LogP) is 3.91. The fourth-order valence-corrected chi connectivity index (χ4v) is 2.88. The Balaban J connectivity index is 2.13. The van der Waals surface area contributed by atoms with Gasteiger partial charge in [0.2, 0.25) is 0 Å². The number of nitro groups is 1. The van der Waals surface area contributed by atoms with Crippen molar-refractivity contribution in [3.8, 4) is 0 Å². The van der Waals surface area contributed by atoms with E-state index in [-0.39, 0.29) is 17.4 Å². The normalized spacial score (nSPS) is 12.0. The van der Waals surface area contributed by atoms with Crippen LogP contribution in [-0.2, 0) is 11.5 Å². The first-order valence-corrected chi connectivity index (χ1v) is 10.7. The first kappa shape index (κ1) is 15.9. The van der Waals surface area contributed by atoms with Gasteiger partial charge < -0.3 is 4.74 Å². The second-order valence-electron chi connectivity index (χ2n) is 6.10. The summed E-state index contributed by atoms with van der Waals surface area (Å²) in [6, 6.07) is 4.23. The quantitative estimate of drug-likeness (QED) is 0.349. The Labute approximate surface area is 128 Å². The Hall–Kier alpha value is -1.44. The maximum Gasteiger partial charge on any atom is 0.298 e. The fourth-order valence-electron chi connectivity index (χ4n) is 1.89. The maximum atomic E-state index is 11.1. The van der Waals surface area contributed by atoms with Gasteiger partial charge in [-0.3, -0.25) is 10.1 Å². The van der Waals surface area contributed by atoms with Gasteiger partial charge in [-0.05, 0) is 18.2 Å². The van der Waals surface area contributed by atoms with Crippen molar-refractivity contribution in [2.75, 3.05) is 6.61 Å². The molecule has 0 aliphatic rings. The van der Waals surface area contributed by atoms with Crippen LogP contribution in [-0.4, -0.2) is 29.4 Å². The monoisotopic (exact) mass is 327 g/mol. The van der Waals surface area contributed by atoms with E-state index >= 15 is 0 Å². The van der Waals surface area contributed by atoms with E-state index in [4.69, 9.17) is 16.3 Å². The molecule has 2 aromatic rings. The number of rotatable bonds is 6. The molecule has 0 fully saturated rings. The lowest BCUT2D eigenvalue weighted by molar-refractivity contribution is -0.382. The fraction of sp³-hybridized carbons (Fsp3) is 0.462. The zero-order valence-electron chi connectivity index (χ0n) is 12.3. The van der Waals surface area contributed by atoms with Gasteiger partial charge in [0.25, 0.3) is 5.69 Å². The first-order valence-electron chi connectivity index (χ1n) is 6.66. The SMILES string of the molecule is C[Si](C)(C)CCOCn1cc2c([N+](=O)[O-])c(Cl)ccc2n1. The number of halogens is 1. The van der Waals surface area contributed by atoms with Crippen LogP contribution in [0, 0.1) is 10.1 Å². The largest absolute Gasteiger partial charge is 0.360 e. The van der Waals surface area contributed by atoms with Crippen LogP contribution in [0.2, 0.25) is 30.7 Å². The molecule has 1 aromatic carbocycles. The van der Waals surface area contributed by atoms with Gasteiger partial charge in [-0.1, -0.05) is 31.2 Å². The van der Waals surface area contributed by atoms with Crippen molar-refractivity contribution in [2.24, 2.45) is 0 Å². The number of aromatic nitrogens is 2. The van der Waals surface area contributed by atoms with E-state index in [9.17, 15) is 10.1 Å². The Morgan fingerprint density at radius 1 is 1.43 bits per heavy atom. The predicted molar refractivity (Wildman–Crippen MR) is 85.5 cm³/mol. The minimum atomic E-state index is -1.12. The molecule has 21 heavy (non-hydrogen) atoms. The van der Waals surface area contributed by atoms with Gasteiger partial charge in [0.05, 0.1) is 15.8 Å².